The molecule has 16 heavy (non-hydrogen) atoms. The van der Waals surface area contributed by atoms with Gasteiger partial charge >= 0.3 is 6.16 Å². The monoisotopic (exact) mass is 229 g/mol. The van der Waals surface area contributed by atoms with Gasteiger partial charge < -0.3 is 9.47 Å². The van der Waals surface area contributed by atoms with Crippen LogP contribution in [0.3, 0.4) is 0 Å². The van der Waals surface area contributed by atoms with E-state index in [0.29, 0.717) is 0 Å². The number of hydrogen-bond acceptors (Lipinski definition) is 4. The lowest BCUT2D eigenvalue weighted by Gasteiger charge is -2.34. The lowest BCUT2D eigenvalue weighted by atomic mass is 10.1. The summed E-state index contributed by atoms with van der Waals surface area (Å²) in [6, 6.07) is 0. The molecule has 1 fully saturated rings. The van der Waals surface area contributed by atoms with Gasteiger partial charge in [0.15, 0.2) is 6.23 Å². The van der Waals surface area contributed by atoms with Crippen molar-refractivity contribution >= 4 is 6.16 Å². The molecule has 1 heterocycles. The molecule has 0 saturated carbocycles. The quantitative estimate of drug-likeness (QED) is 0.682. The SMILES string of the molecule is CCN1CCCCC1OC(=O)OC(C)(C)C. The first-order valence-electron chi connectivity index (χ1n) is 6.06. The molecule has 1 rings (SSSR count). The molecule has 94 valence electrons. The van der Waals surface area contributed by atoms with E-state index in [1.54, 1.807) is 0 Å². The van der Waals surface area contributed by atoms with Crippen LogP contribution in [-0.4, -0.2) is 36.0 Å². The number of piperidine rings is 1. The average Bonchev–Trinajstić information content (AvgIpc) is 2.15. The summed E-state index contributed by atoms with van der Waals surface area (Å²) in [4.78, 5) is 13.7. The predicted molar refractivity (Wildman–Crippen MR) is 62.2 cm³/mol. The third-order valence-electron chi connectivity index (χ3n) is 2.58. The van der Waals surface area contributed by atoms with E-state index >= 15 is 0 Å². The highest BCUT2D eigenvalue weighted by atomic mass is 16.7. The number of carbonyl (C=O) groups is 1. The van der Waals surface area contributed by atoms with Gasteiger partial charge in [0.2, 0.25) is 0 Å². The van der Waals surface area contributed by atoms with E-state index in [1.807, 2.05) is 20.8 Å². The van der Waals surface area contributed by atoms with Crippen molar-refractivity contribution in [2.45, 2.75) is 58.8 Å². The van der Waals surface area contributed by atoms with E-state index in [-0.39, 0.29) is 6.23 Å². The van der Waals surface area contributed by atoms with Gasteiger partial charge in [0.1, 0.15) is 5.60 Å². The highest BCUT2D eigenvalue weighted by molar-refractivity contribution is 5.60. The summed E-state index contributed by atoms with van der Waals surface area (Å²) in [6.07, 6.45) is 2.55. The summed E-state index contributed by atoms with van der Waals surface area (Å²) in [7, 11) is 0. The fraction of sp³-hybridized carbons (Fsp3) is 0.917. The zero-order chi connectivity index (χ0) is 12.2. The molecule has 1 saturated heterocycles. The summed E-state index contributed by atoms with van der Waals surface area (Å²) >= 11 is 0. The smallest absolute Gasteiger partial charge is 0.429 e. The van der Waals surface area contributed by atoms with E-state index in [0.717, 1.165) is 25.9 Å². The second-order valence-corrected chi connectivity index (χ2v) is 5.16. The molecule has 1 atom stereocenters. The number of ether oxygens (including phenoxy) is 2. The molecule has 4 nitrogen and oxygen atoms in total. The Hall–Kier alpha value is -0.770. The molecule has 0 aliphatic carbocycles. The standard InChI is InChI=1S/C12H23NO3/c1-5-13-9-7-6-8-10(13)15-11(14)16-12(2,3)4/h10H,5-9H2,1-4H3. The van der Waals surface area contributed by atoms with Crippen molar-refractivity contribution in [3.05, 3.63) is 0 Å². The van der Waals surface area contributed by atoms with Crippen molar-refractivity contribution < 1.29 is 14.3 Å². The van der Waals surface area contributed by atoms with E-state index in [1.165, 1.54) is 6.42 Å². The maximum Gasteiger partial charge on any atom is 0.510 e. The molecule has 1 aliphatic heterocycles. The third-order valence-corrected chi connectivity index (χ3v) is 2.58. The zero-order valence-electron chi connectivity index (χ0n) is 10.8. The minimum absolute atomic E-state index is 0.103. The Bertz CT molecular complexity index is 235. The van der Waals surface area contributed by atoms with Crippen LogP contribution in [-0.2, 0) is 9.47 Å². The van der Waals surface area contributed by atoms with Crippen molar-refractivity contribution in [2.24, 2.45) is 0 Å². The van der Waals surface area contributed by atoms with Crippen LogP contribution in [0.1, 0.15) is 47.0 Å². The summed E-state index contributed by atoms with van der Waals surface area (Å²) in [5, 5.41) is 0. The Morgan fingerprint density at radius 1 is 1.38 bits per heavy atom. The largest absolute Gasteiger partial charge is 0.510 e. The van der Waals surface area contributed by atoms with Crippen LogP contribution in [0.2, 0.25) is 0 Å². The number of nitrogens with zero attached hydrogens (tertiary/aromatic N) is 1. The Morgan fingerprint density at radius 3 is 2.62 bits per heavy atom. The maximum atomic E-state index is 11.5. The van der Waals surface area contributed by atoms with E-state index < -0.39 is 11.8 Å². The zero-order valence-corrected chi connectivity index (χ0v) is 10.8. The molecular formula is C12H23NO3. The molecule has 0 aromatic heterocycles. The van der Waals surface area contributed by atoms with Crippen LogP contribution in [0.4, 0.5) is 4.79 Å². The van der Waals surface area contributed by atoms with E-state index in [9.17, 15) is 4.79 Å². The minimum Gasteiger partial charge on any atom is -0.429 e. The van der Waals surface area contributed by atoms with Gasteiger partial charge in [-0.15, -0.1) is 0 Å². The van der Waals surface area contributed by atoms with Gasteiger partial charge in [0.05, 0.1) is 0 Å². The second kappa shape index (κ2) is 5.53. The molecule has 1 aliphatic rings. The maximum absolute atomic E-state index is 11.5. The van der Waals surface area contributed by atoms with Crippen LogP contribution in [0.15, 0.2) is 0 Å². The fourth-order valence-corrected chi connectivity index (χ4v) is 1.84. The third kappa shape index (κ3) is 4.39. The van der Waals surface area contributed by atoms with Gasteiger partial charge in [0.25, 0.3) is 0 Å². The van der Waals surface area contributed by atoms with Crippen LogP contribution < -0.4 is 0 Å². The Labute approximate surface area is 97.9 Å². The Kier molecular flexibility index (Phi) is 4.59. The molecule has 0 aromatic carbocycles. The van der Waals surface area contributed by atoms with Crippen molar-refractivity contribution in [1.29, 1.82) is 0 Å². The lowest BCUT2D eigenvalue weighted by Crippen LogP contribution is -2.43. The average molecular weight is 229 g/mol. The molecule has 1 unspecified atom stereocenters. The first-order valence-corrected chi connectivity index (χ1v) is 6.06. The first-order chi connectivity index (χ1) is 7.42. The van der Waals surface area contributed by atoms with Gasteiger partial charge in [-0.25, -0.2) is 4.79 Å². The van der Waals surface area contributed by atoms with Gasteiger partial charge in [0, 0.05) is 6.54 Å². The van der Waals surface area contributed by atoms with Gasteiger partial charge in [-0.2, -0.15) is 0 Å². The van der Waals surface area contributed by atoms with Crippen molar-refractivity contribution in [2.75, 3.05) is 13.1 Å². The fourth-order valence-electron chi connectivity index (χ4n) is 1.84. The summed E-state index contributed by atoms with van der Waals surface area (Å²) < 4.78 is 10.5. The predicted octanol–water partition coefficient (Wildman–Crippen LogP) is 2.77. The van der Waals surface area contributed by atoms with E-state index in [2.05, 4.69) is 11.8 Å². The number of carbonyl (C=O) groups excluding carboxylic acids is 1. The lowest BCUT2D eigenvalue weighted by molar-refractivity contribution is -0.0838. The Morgan fingerprint density at radius 2 is 2.06 bits per heavy atom. The highest BCUT2D eigenvalue weighted by Crippen LogP contribution is 2.19. The van der Waals surface area contributed by atoms with Crippen LogP contribution in [0, 0.1) is 0 Å². The Balaban J connectivity index is 2.42. The molecule has 0 bridgehead atoms. The van der Waals surface area contributed by atoms with Crippen molar-refractivity contribution in [1.82, 2.24) is 4.90 Å². The molecular weight excluding hydrogens is 206 g/mol. The minimum atomic E-state index is -0.558. The van der Waals surface area contributed by atoms with Crippen LogP contribution in [0.5, 0.6) is 0 Å². The highest BCUT2D eigenvalue weighted by Gasteiger charge is 2.27. The van der Waals surface area contributed by atoms with Crippen LogP contribution in [0.25, 0.3) is 0 Å². The molecule has 4 heteroatoms. The van der Waals surface area contributed by atoms with Gasteiger partial charge in [-0.05, 0) is 46.6 Å². The molecule has 0 N–H and O–H groups in total. The number of hydrogen-bond donors (Lipinski definition) is 0. The molecule has 0 radical (unpaired) electrons. The van der Waals surface area contributed by atoms with Crippen LogP contribution >= 0.6 is 0 Å². The topological polar surface area (TPSA) is 38.8 Å². The second-order valence-electron chi connectivity index (χ2n) is 5.16. The number of rotatable bonds is 2. The van der Waals surface area contributed by atoms with Gasteiger partial charge in [-0.1, -0.05) is 6.92 Å². The summed E-state index contributed by atoms with van der Waals surface area (Å²) in [5.74, 6) is 0. The number of likely N-dealkylation sites (tertiary alicyclic amines) is 1. The van der Waals surface area contributed by atoms with Crippen molar-refractivity contribution in [3.8, 4) is 0 Å². The van der Waals surface area contributed by atoms with Gasteiger partial charge in [-0.3, -0.25) is 4.90 Å². The van der Waals surface area contributed by atoms with E-state index in [4.69, 9.17) is 9.47 Å². The normalized spacial score (nSPS) is 22.9. The molecule has 0 aromatic rings. The first kappa shape index (κ1) is 13.3. The van der Waals surface area contributed by atoms with Crippen molar-refractivity contribution in [3.63, 3.8) is 0 Å². The summed E-state index contributed by atoms with van der Waals surface area (Å²) in [5.41, 5.74) is -0.483. The molecule has 0 spiro atoms. The summed E-state index contributed by atoms with van der Waals surface area (Å²) in [6.45, 7) is 9.51. The molecule has 0 amide bonds.